The Morgan fingerprint density at radius 2 is 1.90 bits per heavy atom. The predicted molar refractivity (Wildman–Crippen MR) is 110 cm³/mol. The number of hydrazone groups is 1. The van der Waals surface area contributed by atoms with Crippen molar-refractivity contribution < 1.29 is 27.1 Å². The average molecular weight is 428 g/mol. The Bertz CT molecular complexity index is 1180. The molecule has 2 aromatic carbocycles. The van der Waals surface area contributed by atoms with Crippen molar-refractivity contribution in [1.82, 2.24) is 4.83 Å². The van der Waals surface area contributed by atoms with Crippen LogP contribution in [0.2, 0.25) is 0 Å². The number of nitrogens with zero attached hydrogens (tertiary/aromatic N) is 1. The fourth-order valence-corrected chi connectivity index (χ4v) is 3.73. The van der Waals surface area contributed by atoms with E-state index in [2.05, 4.69) is 9.93 Å². The van der Waals surface area contributed by atoms with Gasteiger partial charge in [-0.3, -0.25) is 0 Å². The summed E-state index contributed by atoms with van der Waals surface area (Å²) in [7, 11) is -2.39. The number of esters is 1. The number of carbonyl (C=O) groups excluding carboxylic acids is 1. The number of furan rings is 1. The first-order chi connectivity index (χ1) is 14.3. The Balaban J connectivity index is 1.74. The van der Waals surface area contributed by atoms with Crippen molar-refractivity contribution in [3.05, 3.63) is 77.2 Å². The van der Waals surface area contributed by atoms with Crippen molar-refractivity contribution >= 4 is 22.2 Å². The van der Waals surface area contributed by atoms with Crippen LogP contribution in [0.4, 0.5) is 0 Å². The van der Waals surface area contributed by atoms with Crippen LogP contribution in [0.1, 0.15) is 27.2 Å². The molecule has 1 N–H and O–H groups in total. The molecule has 8 nitrogen and oxygen atoms in total. The molecule has 0 bridgehead atoms. The maximum absolute atomic E-state index is 12.5. The lowest BCUT2D eigenvalue weighted by Crippen LogP contribution is -2.19. The van der Waals surface area contributed by atoms with Crippen molar-refractivity contribution in [1.29, 1.82) is 0 Å². The van der Waals surface area contributed by atoms with E-state index in [-0.39, 0.29) is 22.2 Å². The molecule has 0 aliphatic heterocycles. The van der Waals surface area contributed by atoms with E-state index in [4.69, 9.17) is 13.9 Å². The van der Waals surface area contributed by atoms with Gasteiger partial charge in [0.1, 0.15) is 0 Å². The highest BCUT2D eigenvalue weighted by atomic mass is 32.2. The zero-order chi connectivity index (χ0) is 21.7. The monoisotopic (exact) mass is 428 g/mol. The molecule has 0 radical (unpaired) electrons. The molecule has 0 fully saturated rings. The Morgan fingerprint density at radius 1 is 1.10 bits per heavy atom. The van der Waals surface area contributed by atoms with Crippen LogP contribution in [0.3, 0.4) is 0 Å². The Morgan fingerprint density at radius 3 is 2.60 bits per heavy atom. The van der Waals surface area contributed by atoms with Gasteiger partial charge in [-0.05, 0) is 66.9 Å². The number of rotatable bonds is 7. The van der Waals surface area contributed by atoms with Crippen LogP contribution in [0, 0.1) is 13.8 Å². The molecular weight excluding hydrogens is 408 g/mol. The molecule has 0 aliphatic carbocycles. The number of hydrogen-bond donors (Lipinski definition) is 1. The smallest absolute Gasteiger partial charge is 0.379 e. The summed E-state index contributed by atoms with van der Waals surface area (Å²) in [5, 5.41) is 3.83. The Hall–Kier alpha value is -3.59. The van der Waals surface area contributed by atoms with Crippen LogP contribution in [-0.4, -0.2) is 27.7 Å². The molecule has 3 rings (SSSR count). The summed E-state index contributed by atoms with van der Waals surface area (Å²) >= 11 is 0. The van der Waals surface area contributed by atoms with Crippen LogP contribution in [0.15, 0.2) is 69.2 Å². The quantitative estimate of drug-likeness (QED) is 0.267. The molecule has 3 aromatic rings. The summed E-state index contributed by atoms with van der Waals surface area (Å²) in [6, 6.07) is 12.9. The lowest BCUT2D eigenvalue weighted by atomic mass is 10.2. The first kappa shape index (κ1) is 21.1. The third kappa shape index (κ3) is 4.87. The molecule has 1 aromatic heterocycles. The van der Waals surface area contributed by atoms with E-state index in [0.29, 0.717) is 11.1 Å². The van der Waals surface area contributed by atoms with Crippen LogP contribution >= 0.6 is 0 Å². The third-order valence-electron chi connectivity index (χ3n) is 4.13. The first-order valence-electron chi connectivity index (χ1n) is 8.86. The lowest BCUT2D eigenvalue weighted by molar-refractivity contribution is 0.0696. The van der Waals surface area contributed by atoms with Gasteiger partial charge in [0.15, 0.2) is 11.5 Å². The number of ether oxygens (including phenoxy) is 2. The summed E-state index contributed by atoms with van der Waals surface area (Å²) in [6.45, 7) is 3.53. The molecule has 0 atom stereocenters. The highest BCUT2D eigenvalue weighted by Gasteiger charge is 2.17. The van der Waals surface area contributed by atoms with Crippen LogP contribution in [0.5, 0.6) is 11.5 Å². The van der Waals surface area contributed by atoms with Gasteiger partial charge < -0.3 is 13.9 Å². The second-order valence-electron chi connectivity index (χ2n) is 6.40. The van der Waals surface area contributed by atoms with Gasteiger partial charge in [0, 0.05) is 0 Å². The van der Waals surface area contributed by atoms with Crippen molar-refractivity contribution in [2.45, 2.75) is 18.7 Å². The summed E-state index contributed by atoms with van der Waals surface area (Å²) in [5.41, 5.74) is 1.98. The molecule has 0 amide bonds. The number of carbonyl (C=O) groups is 1. The first-order valence-corrected chi connectivity index (χ1v) is 10.3. The fourth-order valence-electron chi connectivity index (χ4n) is 2.61. The van der Waals surface area contributed by atoms with E-state index in [0.717, 1.165) is 5.56 Å². The van der Waals surface area contributed by atoms with E-state index in [1.54, 1.807) is 37.3 Å². The fraction of sp³-hybridized carbons (Fsp3) is 0.143. The van der Waals surface area contributed by atoms with E-state index in [9.17, 15) is 13.2 Å². The van der Waals surface area contributed by atoms with E-state index >= 15 is 0 Å². The Kier molecular flexibility index (Phi) is 6.22. The second kappa shape index (κ2) is 8.83. The summed E-state index contributed by atoms with van der Waals surface area (Å²) in [4.78, 5) is 14.4. The number of benzene rings is 2. The van der Waals surface area contributed by atoms with Crippen LogP contribution in [0.25, 0.3) is 0 Å². The standard InChI is InChI=1S/C21H20N2O6S/c1-14-6-7-15(2)20(11-14)30(25,26)23-22-13-16-8-9-17(19(12-16)27-3)29-21(24)18-5-4-10-28-18/h4-13,23H,1-3H3/b22-13-. The SMILES string of the molecule is COc1cc(/C=N\NS(=O)(=O)c2cc(C)ccc2C)ccc1OC(=O)c1ccco1. The average Bonchev–Trinajstić information content (AvgIpc) is 3.25. The molecule has 156 valence electrons. The predicted octanol–water partition coefficient (Wildman–Crippen LogP) is 3.44. The minimum absolute atomic E-state index is 0.0588. The van der Waals surface area contributed by atoms with E-state index in [1.165, 1.54) is 31.7 Å². The number of sulfonamides is 1. The molecule has 0 aliphatic rings. The minimum Gasteiger partial charge on any atom is -0.493 e. The van der Waals surface area contributed by atoms with Gasteiger partial charge in [-0.2, -0.15) is 13.5 Å². The molecule has 1 heterocycles. The van der Waals surface area contributed by atoms with Gasteiger partial charge in [-0.25, -0.2) is 9.63 Å². The van der Waals surface area contributed by atoms with Gasteiger partial charge in [-0.15, -0.1) is 0 Å². The number of hydrogen-bond acceptors (Lipinski definition) is 7. The topological polar surface area (TPSA) is 107 Å². The minimum atomic E-state index is -3.81. The van der Waals surface area contributed by atoms with Gasteiger partial charge in [0.05, 0.1) is 24.5 Å². The maximum Gasteiger partial charge on any atom is 0.379 e. The van der Waals surface area contributed by atoms with Crippen molar-refractivity contribution in [3.8, 4) is 11.5 Å². The normalized spacial score (nSPS) is 11.4. The number of aryl methyl sites for hydroxylation is 2. The lowest BCUT2D eigenvalue weighted by Gasteiger charge is -2.09. The zero-order valence-corrected chi connectivity index (χ0v) is 17.4. The van der Waals surface area contributed by atoms with Gasteiger partial charge in [0.2, 0.25) is 5.76 Å². The Labute approximate surface area is 174 Å². The van der Waals surface area contributed by atoms with Gasteiger partial charge in [0.25, 0.3) is 10.0 Å². The maximum atomic E-state index is 12.5. The zero-order valence-electron chi connectivity index (χ0n) is 16.6. The van der Waals surface area contributed by atoms with Gasteiger partial charge >= 0.3 is 5.97 Å². The molecule has 9 heteroatoms. The van der Waals surface area contributed by atoms with E-state index in [1.807, 2.05) is 13.0 Å². The summed E-state index contributed by atoms with van der Waals surface area (Å²) in [5.74, 6) is -0.146. The highest BCUT2D eigenvalue weighted by molar-refractivity contribution is 7.89. The largest absolute Gasteiger partial charge is 0.493 e. The van der Waals surface area contributed by atoms with Crippen LogP contribution < -0.4 is 14.3 Å². The third-order valence-corrected chi connectivity index (χ3v) is 5.50. The molecule has 0 spiro atoms. The van der Waals surface area contributed by atoms with Crippen molar-refractivity contribution in [3.63, 3.8) is 0 Å². The van der Waals surface area contributed by atoms with Crippen molar-refractivity contribution in [2.75, 3.05) is 7.11 Å². The molecular formula is C21H20N2O6S. The number of nitrogens with one attached hydrogen (secondary N) is 1. The summed E-state index contributed by atoms with van der Waals surface area (Å²) < 4.78 is 40.5. The van der Waals surface area contributed by atoms with Crippen LogP contribution in [-0.2, 0) is 10.0 Å². The molecule has 30 heavy (non-hydrogen) atoms. The molecule has 0 saturated heterocycles. The molecule has 0 saturated carbocycles. The number of methoxy groups -OCH3 is 1. The van der Waals surface area contributed by atoms with E-state index < -0.39 is 16.0 Å². The van der Waals surface area contributed by atoms with Gasteiger partial charge in [-0.1, -0.05) is 12.1 Å². The highest BCUT2D eigenvalue weighted by Crippen LogP contribution is 2.28. The summed E-state index contributed by atoms with van der Waals surface area (Å²) in [6.07, 6.45) is 2.69. The second-order valence-corrected chi connectivity index (χ2v) is 8.03. The van der Waals surface area contributed by atoms with Crippen molar-refractivity contribution in [2.24, 2.45) is 5.10 Å². The molecule has 0 unspecified atom stereocenters.